The molecule has 5 heteroatoms. The monoisotopic (exact) mass is 385 g/mol. The van der Waals surface area contributed by atoms with Crippen molar-refractivity contribution < 1.29 is 5.11 Å². The molecule has 0 radical (unpaired) electrons. The molecular weight excluding hydrogens is 365 g/mol. The molecule has 108 valence electrons. The molecule has 0 aliphatic carbocycles. The van der Waals surface area contributed by atoms with Gasteiger partial charge in [-0.2, -0.15) is 5.10 Å². The number of rotatable bonds is 5. The van der Waals surface area contributed by atoms with Gasteiger partial charge < -0.3 is 5.11 Å². The molecule has 0 bridgehead atoms. The minimum Gasteiger partial charge on any atom is -0.385 e. The third-order valence-corrected chi connectivity index (χ3v) is 3.92. The molecule has 1 atom stereocenters. The van der Waals surface area contributed by atoms with Crippen LogP contribution in [0.4, 0.5) is 0 Å². The molecule has 0 fully saturated rings. The van der Waals surface area contributed by atoms with Crippen molar-refractivity contribution in [1.29, 1.82) is 0 Å². The predicted octanol–water partition coefficient (Wildman–Crippen LogP) is 2.99. The van der Waals surface area contributed by atoms with Gasteiger partial charge in [-0.05, 0) is 53.1 Å². The number of aromatic nitrogens is 3. The summed E-state index contributed by atoms with van der Waals surface area (Å²) in [6, 6.07) is 7.93. The molecule has 0 saturated heterocycles. The molecule has 4 nitrogen and oxygen atoms in total. The Balaban J connectivity index is 2.19. The van der Waals surface area contributed by atoms with Crippen LogP contribution in [-0.2, 0) is 18.6 Å². The first-order valence-corrected chi connectivity index (χ1v) is 7.81. The predicted molar refractivity (Wildman–Crippen MR) is 87.3 cm³/mol. The average molecular weight is 385 g/mol. The molecule has 1 unspecified atom stereocenters. The first-order valence-electron chi connectivity index (χ1n) is 6.73. The van der Waals surface area contributed by atoms with Gasteiger partial charge in [-0.15, -0.1) is 0 Å². The Morgan fingerprint density at radius 1 is 1.30 bits per heavy atom. The zero-order valence-electron chi connectivity index (χ0n) is 12.0. The van der Waals surface area contributed by atoms with Crippen LogP contribution in [0.2, 0.25) is 0 Å². The van der Waals surface area contributed by atoms with Gasteiger partial charge in [-0.25, -0.2) is 9.67 Å². The maximum absolute atomic E-state index is 10.7. The van der Waals surface area contributed by atoms with Crippen LogP contribution in [0.5, 0.6) is 0 Å². The second kappa shape index (κ2) is 6.22. The molecular formula is C15H20IN3O. The minimum absolute atomic E-state index is 0.459. The van der Waals surface area contributed by atoms with Crippen LogP contribution in [0.3, 0.4) is 0 Å². The highest BCUT2D eigenvalue weighted by molar-refractivity contribution is 14.1. The van der Waals surface area contributed by atoms with Gasteiger partial charge in [0.2, 0.25) is 0 Å². The van der Waals surface area contributed by atoms with E-state index in [-0.39, 0.29) is 0 Å². The molecule has 1 heterocycles. The van der Waals surface area contributed by atoms with E-state index in [0.29, 0.717) is 12.3 Å². The van der Waals surface area contributed by atoms with Gasteiger partial charge >= 0.3 is 0 Å². The molecule has 0 aliphatic heterocycles. The van der Waals surface area contributed by atoms with Crippen molar-refractivity contribution in [3.8, 4) is 0 Å². The standard InChI is InChI=1S/C15H20IN3O/c1-11(2)9-19-14(17-10-18-19)8-15(3,20)12-4-6-13(16)7-5-12/h4-7,10-11,20H,8-9H2,1-3H3. The van der Waals surface area contributed by atoms with E-state index in [0.717, 1.165) is 21.5 Å². The second-order valence-electron chi connectivity index (χ2n) is 5.71. The van der Waals surface area contributed by atoms with Crippen LogP contribution in [0.1, 0.15) is 32.2 Å². The lowest BCUT2D eigenvalue weighted by atomic mass is 9.92. The van der Waals surface area contributed by atoms with Crippen LogP contribution in [-0.4, -0.2) is 19.9 Å². The normalized spacial score (nSPS) is 14.5. The van der Waals surface area contributed by atoms with Crippen molar-refractivity contribution in [3.63, 3.8) is 0 Å². The highest BCUT2D eigenvalue weighted by Gasteiger charge is 2.26. The summed E-state index contributed by atoms with van der Waals surface area (Å²) >= 11 is 2.26. The maximum Gasteiger partial charge on any atom is 0.138 e. The van der Waals surface area contributed by atoms with E-state index in [2.05, 4.69) is 46.5 Å². The third kappa shape index (κ3) is 3.79. The Kier molecular flexibility index (Phi) is 4.80. The topological polar surface area (TPSA) is 50.9 Å². The largest absolute Gasteiger partial charge is 0.385 e. The molecule has 1 N–H and O–H groups in total. The number of nitrogens with zero attached hydrogens (tertiary/aromatic N) is 3. The second-order valence-corrected chi connectivity index (χ2v) is 6.96. The molecule has 0 spiro atoms. The smallest absolute Gasteiger partial charge is 0.138 e. The first-order chi connectivity index (χ1) is 9.38. The fourth-order valence-electron chi connectivity index (χ4n) is 2.14. The van der Waals surface area contributed by atoms with Crippen molar-refractivity contribution in [2.24, 2.45) is 5.92 Å². The van der Waals surface area contributed by atoms with Crippen LogP contribution in [0.25, 0.3) is 0 Å². The summed E-state index contributed by atoms with van der Waals surface area (Å²) in [6.45, 7) is 6.92. The van der Waals surface area contributed by atoms with Crippen molar-refractivity contribution in [3.05, 3.63) is 45.6 Å². The lowest BCUT2D eigenvalue weighted by Crippen LogP contribution is -2.27. The van der Waals surface area contributed by atoms with E-state index in [1.807, 2.05) is 35.9 Å². The Morgan fingerprint density at radius 2 is 1.95 bits per heavy atom. The van der Waals surface area contributed by atoms with Gasteiger partial charge in [0, 0.05) is 16.5 Å². The maximum atomic E-state index is 10.7. The number of benzene rings is 1. The highest BCUT2D eigenvalue weighted by atomic mass is 127. The van der Waals surface area contributed by atoms with Gasteiger partial charge in [0.25, 0.3) is 0 Å². The quantitative estimate of drug-likeness (QED) is 0.806. The van der Waals surface area contributed by atoms with E-state index in [1.165, 1.54) is 0 Å². The summed E-state index contributed by atoms with van der Waals surface area (Å²) < 4.78 is 3.04. The highest BCUT2D eigenvalue weighted by Crippen LogP contribution is 2.25. The Hall–Kier alpha value is -0.950. The van der Waals surface area contributed by atoms with E-state index >= 15 is 0 Å². The Labute approximate surface area is 133 Å². The summed E-state index contributed by atoms with van der Waals surface area (Å²) in [7, 11) is 0. The Morgan fingerprint density at radius 3 is 2.55 bits per heavy atom. The summed E-state index contributed by atoms with van der Waals surface area (Å²) in [5, 5.41) is 15.0. The van der Waals surface area contributed by atoms with Crippen LogP contribution < -0.4 is 0 Å². The average Bonchev–Trinajstić information content (AvgIpc) is 2.75. The van der Waals surface area contributed by atoms with Crippen molar-refractivity contribution in [2.75, 3.05) is 0 Å². The number of hydrogen-bond acceptors (Lipinski definition) is 3. The van der Waals surface area contributed by atoms with Crippen molar-refractivity contribution in [2.45, 2.75) is 39.3 Å². The van der Waals surface area contributed by atoms with Gasteiger partial charge in [0.05, 0.1) is 5.60 Å². The molecule has 2 aromatic rings. The number of halogens is 1. The number of aliphatic hydroxyl groups is 1. The molecule has 2 rings (SSSR count). The van der Waals surface area contributed by atoms with Crippen LogP contribution in [0.15, 0.2) is 30.6 Å². The first kappa shape index (κ1) is 15.4. The Bertz CT molecular complexity index is 561. The summed E-state index contributed by atoms with van der Waals surface area (Å²) in [5.74, 6) is 1.32. The molecule has 0 aliphatic rings. The van der Waals surface area contributed by atoms with Crippen LogP contribution >= 0.6 is 22.6 Å². The minimum atomic E-state index is -0.938. The molecule has 1 aromatic carbocycles. The molecule has 0 amide bonds. The summed E-state index contributed by atoms with van der Waals surface area (Å²) in [4.78, 5) is 4.29. The number of hydrogen-bond donors (Lipinski definition) is 1. The van der Waals surface area contributed by atoms with E-state index in [4.69, 9.17) is 0 Å². The fourth-order valence-corrected chi connectivity index (χ4v) is 2.50. The van der Waals surface area contributed by atoms with Crippen LogP contribution in [0, 0.1) is 9.49 Å². The summed E-state index contributed by atoms with van der Waals surface area (Å²) in [6.07, 6.45) is 2.02. The van der Waals surface area contributed by atoms with Gasteiger partial charge in [-0.3, -0.25) is 0 Å². The SMILES string of the molecule is CC(C)Cn1ncnc1CC(C)(O)c1ccc(I)cc1. The van der Waals surface area contributed by atoms with E-state index < -0.39 is 5.60 Å². The molecule has 20 heavy (non-hydrogen) atoms. The van der Waals surface area contributed by atoms with E-state index in [9.17, 15) is 5.11 Å². The van der Waals surface area contributed by atoms with Gasteiger partial charge in [0.1, 0.15) is 12.2 Å². The van der Waals surface area contributed by atoms with E-state index in [1.54, 1.807) is 6.33 Å². The molecule has 0 saturated carbocycles. The van der Waals surface area contributed by atoms with Gasteiger partial charge in [-0.1, -0.05) is 26.0 Å². The fraction of sp³-hybridized carbons (Fsp3) is 0.467. The van der Waals surface area contributed by atoms with Crippen molar-refractivity contribution >= 4 is 22.6 Å². The lowest BCUT2D eigenvalue weighted by molar-refractivity contribution is 0.0540. The third-order valence-electron chi connectivity index (χ3n) is 3.20. The van der Waals surface area contributed by atoms with Gasteiger partial charge in [0.15, 0.2) is 0 Å². The molecule has 1 aromatic heterocycles. The zero-order chi connectivity index (χ0) is 14.8. The lowest BCUT2D eigenvalue weighted by Gasteiger charge is -2.24. The summed E-state index contributed by atoms with van der Waals surface area (Å²) in [5.41, 5.74) is -0.0384. The van der Waals surface area contributed by atoms with Crippen molar-refractivity contribution in [1.82, 2.24) is 14.8 Å². The zero-order valence-corrected chi connectivity index (χ0v) is 14.2.